The molecule has 1 N–H and O–H groups in total. The lowest BCUT2D eigenvalue weighted by Gasteiger charge is -2.10. The van der Waals surface area contributed by atoms with Crippen LogP contribution in [0.2, 0.25) is 0 Å². The van der Waals surface area contributed by atoms with Crippen LogP contribution in [0.25, 0.3) is 11.3 Å². The molecule has 23 heavy (non-hydrogen) atoms. The minimum atomic E-state index is -1.09. The van der Waals surface area contributed by atoms with Crippen molar-refractivity contribution in [2.24, 2.45) is 0 Å². The molecular formula is C17H16N4O2. The van der Waals surface area contributed by atoms with Crippen LogP contribution in [0.4, 0.5) is 0 Å². The van der Waals surface area contributed by atoms with Crippen LogP contribution in [0, 0.1) is 13.8 Å². The second kappa shape index (κ2) is 6.00. The van der Waals surface area contributed by atoms with Gasteiger partial charge in [-0.15, -0.1) is 5.10 Å². The zero-order valence-electron chi connectivity index (χ0n) is 12.9. The number of nitrogens with zero attached hydrogens (tertiary/aromatic N) is 4. The number of benzene rings is 1. The molecule has 6 heteroatoms. The molecule has 0 bridgehead atoms. The fourth-order valence-corrected chi connectivity index (χ4v) is 2.50. The second-order valence-corrected chi connectivity index (χ2v) is 5.42. The zero-order valence-corrected chi connectivity index (χ0v) is 12.9. The molecule has 0 radical (unpaired) electrons. The van der Waals surface area contributed by atoms with Crippen molar-refractivity contribution in [1.82, 2.24) is 20.0 Å². The van der Waals surface area contributed by atoms with Crippen molar-refractivity contribution in [3.05, 3.63) is 65.1 Å². The first kappa shape index (κ1) is 14.9. The summed E-state index contributed by atoms with van der Waals surface area (Å²) in [6.45, 7) is 4.51. The molecule has 0 atom stereocenters. The van der Waals surface area contributed by atoms with E-state index in [9.17, 15) is 9.90 Å². The minimum absolute atomic E-state index is 0.0542. The Balaban J connectivity index is 2.10. The first-order valence-electron chi connectivity index (χ1n) is 7.19. The van der Waals surface area contributed by atoms with E-state index in [-0.39, 0.29) is 5.69 Å². The van der Waals surface area contributed by atoms with E-state index in [1.54, 1.807) is 29.2 Å². The van der Waals surface area contributed by atoms with E-state index in [1.807, 2.05) is 26.0 Å². The fraction of sp³-hybridized carbons (Fsp3) is 0.176. The number of rotatable bonds is 4. The summed E-state index contributed by atoms with van der Waals surface area (Å²) < 4.78 is 1.63. The Morgan fingerprint density at radius 2 is 1.91 bits per heavy atom. The third-order valence-electron chi connectivity index (χ3n) is 3.72. The van der Waals surface area contributed by atoms with Gasteiger partial charge < -0.3 is 5.11 Å². The van der Waals surface area contributed by atoms with Crippen LogP contribution in [-0.2, 0) is 6.54 Å². The number of carbonyl (C=O) groups is 1. The van der Waals surface area contributed by atoms with Gasteiger partial charge in [0.1, 0.15) is 5.69 Å². The second-order valence-electron chi connectivity index (χ2n) is 5.42. The lowest BCUT2D eigenvalue weighted by atomic mass is 10.1. The average molecular weight is 308 g/mol. The van der Waals surface area contributed by atoms with Crippen molar-refractivity contribution in [1.29, 1.82) is 0 Å². The number of hydrogen-bond acceptors (Lipinski definition) is 4. The Morgan fingerprint density at radius 3 is 2.61 bits per heavy atom. The van der Waals surface area contributed by atoms with Gasteiger partial charge in [0.15, 0.2) is 5.69 Å². The van der Waals surface area contributed by atoms with Gasteiger partial charge in [0.05, 0.1) is 6.54 Å². The SMILES string of the molecule is Cc1ccc(C)c(Cn2nnc(C(=O)O)c2-c2ccncc2)c1. The van der Waals surface area contributed by atoms with Gasteiger partial charge in [-0.1, -0.05) is 29.0 Å². The van der Waals surface area contributed by atoms with Gasteiger partial charge in [0.2, 0.25) is 0 Å². The smallest absolute Gasteiger partial charge is 0.358 e. The standard InChI is InChI=1S/C17H16N4O2/c1-11-3-4-12(2)14(9-11)10-21-16(13-5-7-18-8-6-13)15(17(22)23)19-20-21/h3-9H,10H2,1-2H3,(H,22,23). The first-order chi connectivity index (χ1) is 11.1. The number of aromatic nitrogens is 4. The van der Waals surface area contributed by atoms with E-state index in [1.165, 1.54) is 0 Å². The average Bonchev–Trinajstić information content (AvgIpc) is 2.95. The van der Waals surface area contributed by atoms with Gasteiger partial charge in [0.25, 0.3) is 0 Å². The van der Waals surface area contributed by atoms with E-state index in [0.717, 1.165) is 22.3 Å². The summed E-state index contributed by atoms with van der Waals surface area (Å²) in [5.41, 5.74) is 4.52. The molecule has 0 aliphatic carbocycles. The van der Waals surface area contributed by atoms with E-state index in [2.05, 4.69) is 21.4 Å². The maximum atomic E-state index is 11.5. The van der Waals surface area contributed by atoms with Gasteiger partial charge in [-0.2, -0.15) is 0 Å². The highest BCUT2D eigenvalue weighted by Gasteiger charge is 2.20. The third-order valence-corrected chi connectivity index (χ3v) is 3.72. The summed E-state index contributed by atoms with van der Waals surface area (Å²) in [6, 6.07) is 9.68. The molecule has 0 fully saturated rings. The highest BCUT2D eigenvalue weighted by Crippen LogP contribution is 2.23. The molecule has 116 valence electrons. The van der Waals surface area contributed by atoms with Crippen molar-refractivity contribution in [2.75, 3.05) is 0 Å². The number of pyridine rings is 1. The number of aromatic carboxylic acids is 1. The number of carboxylic acid groups (broad SMARTS) is 1. The van der Waals surface area contributed by atoms with Gasteiger partial charge in [-0.25, -0.2) is 9.48 Å². The molecular weight excluding hydrogens is 292 g/mol. The topological polar surface area (TPSA) is 80.9 Å². The van der Waals surface area contributed by atoms with Crippen LogP contribution in [0.15, 0.2) is 42.7 Å². The molecule has 2 heterocycles. The van der Waals surface area contributed by atoms with Crippen LogP contribution in [0.3, 0.4) is 0 Å². The Morgan fingerprint density at radius 1 is 1.17 bits per heavy atom. The van der Waals surface area contributed by atoms with Crippen LogP contribution in [-0.4, -0.2) is 31.1 Å². The fourth-order valence-electron chi connectivity index (χ4n) is 2.50. The summed E-state index contributed by atoms with van der Waals surface area (Å²) in [6.07, 6.45) is 3.24. The van der Waals surface area contributed by atoms with Crippen molar-refractivity contribution >= 4 is 5.97 Å². The van der Waals surface area contributed by atoms with Crippen LogP contribution in [0.5, 0.6) is 0 Å². The molecule has 0 aliphatic rings. The molecule has 0 saturated carbocycles. The Bertz CT molecular complexity index is 856. The summed E-state index contributed by atoms with van der Waals surface area (Å²) >= 11 is 0. The van der Waals surface area contributed by atoms with E-state index in [0.29, 0.717) is 12.2 Å². The number of aryl methyl sites for hydroxylation is 2. The van der Waals surface area contributed by atoms with Gasteiger partial charge in [0, 0.05) is 18.0 Å². The Kier molecular flexibility index (Phi) is 3.89. The molecule has 0 amide bonds. The lowest BCUT2D eigenvalue weighted by Crippen LogP contribution is -2.07. The van der Waals surface area contributed by atoms with Gasteiger partial charge in [-0.05, 0) is 37.1 Å². The highest BCUT2D eigenvalue weighted by molar-refractivity contribution is 5.92. The van der Waals surface area contributed by atoms with Crippen molar-refractivity contribution in [3.8, 4) is 11.3 Å². The summed E-state index contributed by atoms with van der Waals surface area (Å²) in [5.74, 6) is -1.09. The number of carboxylic acids is 1. The largest absolute Gasteiger partial charge is 0.476 e. The van der Waals surface area contributed by atoms with Crippen LogP contribution in [0.1, 0.15) is 27.2 Å². The van der Waals surface area contributed by atoms with Crippen molar-refractivity contribution in [3.63, 3.8) is 0 Å². The van der Waals surface area contributed by atoms with Gasteiger partial charge >= 0.3 is 5.97 Å². The van der Waals surface area contributed by atoms with E-state index in [4.69, 9.17) is 0 Å². The molecule has 0 spiro atoms. The zero-order chi connectivity index (χ0) is 16.4. The molecule has 3 aromatic rings. The predicted molar refractivity (Wildman–Crippen MR) is 85.2 cm³/mol. The van der Waals surface area contributed by atoms with Crippen molar-refractivity contribution in [2.45, 2.75) is 20.4 Å². The lowest BCUT2D eigenvalue weighted by molar-refractivity contribution is 0.0691. The molecule has 2 aromatic heterocycles. The summed E-state index contributed by atoms with van der Waals surface area (Å²) in [4.78, 5) is 15.4. The van der Waals surface area contributed by atoms with E-state index < -0.39 is 5.97 Å². The van der Waals surface area contributed by atoms with Crippen molar-refractivity contribution < 1.29 is 9.90 Å². The Labute approximate surface area is 133 Å². The van der Waals surface area contributed by atoms with E-state index >= 15 is 0 Å². The minimum Gasteiger partial charge on any atom is -0.476 e. The third kappa shape index (κ3) is 2.96. The molecule has 0 saturated heterocycles. The molecule has 3 rings (SSSR count). The molecule has 0 aliphatic heterocycles. The maximum Gasteiger partial charge on any atom is 0.358 e. The molecule has 6 nitrogen and oxygen atoms in total. The predicted octanol–water partition coefficient (Wildman–Crippen LogP) is 2.70. The normalized spacial score (nSPS) is 10.7. The highest BCUT2D eigenvalue weighted by atomic mass is 16.4. The Hall–Kier alpha value is -3.02. The van der Waals surface area contributed by atoms with Crippen LogP contribution >= 0.6 is 0 Å². The van der Waals surface area contributed by atoms with Gasteiger partial charge in [-0.3, -0.25) is 4.98 Å². The summed E-state index contributed by atoms with van der Waals surface area (Å²) in [7, 11) is 0. The quantitative estimate of drug-likeness (QED) is 0.801. The first-order valence-corrected chi connectivity index (χ1v) is 7.19. The number of hydrogen-bond donors (Lipinski definition) is 1. The molecule has 1 aromatic carbocycles. The van der Waals surface area contributed by atoms with Crippen LogP contribution < -0.4 is 0 Å². The summed E-state index contributed by atoms with van der Waals surface area (Å²) in [5, 5.41) is 17.3. The maximum absolute atomic E-state index is 11.5. The monoisotopic (exact) mass is 308 g/mol. The molecule has 0 unspecified atom stereocenters.